The molecule has 7 heteroatoms. The molecule has 0 aliphatic carbocycles. The number of amides is 1. The first-order chi connectivity index (χ1) is 18.1. The Hall–Kier alpha value is -4.10. The number of hydrazone groups is 1. The average Bonchev–Trinajstić information content (AvgIpc) is 2.92. The third-order valence-corrected chi connectivity index (χ3v) is 7.44. The summed E-state index contributed by atoms with van der Waals surface area (Å²) in [6, 6.07) is 28.3. The van der Waals surface area contributed by atoms with Crippen molar-refractivity contribution in [2.75, 3.05) is 6.61 Å². The number of hydrogen-bond acceptors (Lipinski definition) is 6. The highest BCUT2D eigenvalue weighted by Gasteiger charge is 2.36. The molecule has 6 rings (SSSR count). The van der Waals surface area contributed by atoms with Gasteiger partial charge in [0.25, 0.3) is 5.91 Å². The van der Waals surface area contributed by atoms with Crippen molar-refractivity contribution in [3.63, 3.8) is 0 Å². The fraction of sp³-hybridized carbons (Fsp3) is 0.167. The first kappa shape index (κ1) is 23.3. The van der Waals surface area contributed by atoms with Crippen LogP contribution in [0.15, 0.2) is 95.0 Å². The molecule has 184 valence electrons. The first-order valence-electron chi connectivity index (χ1n) is 12.3. The van der Waals surface area contributed by atoms with Gasteiger partial charge in [-0.1, -0.05) is 90.1 Å². The predicted octanol–water partition coefficient (Wildman–Crippen LogP) is 4.62. The molecule has 37 heavy (non-hydrogen) atoms. The van der Waals surface area contributed by atoms with Crippen molar-refractivity contribution in [3.05, 3.63) is 112 Å². The van der Waals surface area contributed by atoms with Gasteiger partial charge in [0.05, 0.1) is 12.0 Å². The molecule has 0 aromatic heterocycles. The number of hydrogen-bond donors (Lipinski definition) is 1. The van der Waals surface area contributed by atoms with Crippen LogP contribution in [0.1, 0.15) is 29.8 Å². The average molecular weight is 507 g/mol. The van der Waals surface area contributed by atoms with E-state index in [9.17, 15) is 4.79 Å². The lowest BCUT2D eigenvalue weighted by Gasteiger charge is -2.35. The molecular formula is C30H26N4O2S. The second kappa shape index (κ2) is 9.75. The maximum atomic E-state index is 13.6. The van der Waals surface area contributed by atoms with Gasteiger partial charge in [-0.2, -0.15) is 0 Å². The molecule has 2 aliphatic rings. The van der Waals surface area contributed by atoms with Crippen LogP contribution in [-0.2, 0) is 10.5 Å². The van der Waals surface area contributed by atoms with Gasteiger partial charge < -0.3 is 4.74 Å². The van der Waals surface area contributed by atoms with Gasteiger partial charge in [-0.3, -0.25) is 15.1 Å². The van der Waals surface area contributed by atoms with E-state index in [1.165, 1.54) is 22.9 Å². The Balaban J connectivity index is 1.50. The van der Waals surface area contributed by atoms with Crippen molar-refractivity contribution in [2.24, 2.45) is 10.1 Å². The van der Waals surface area contributed by atoms with E-state index in [1.807, 2.05) is 49.4 Å². The molecule has 4 aromatic rings. The molecule has 0 saturated heterocycles. The lowest BCUT2D eigenvalue weighted by Crippen LogP contribution is -2.50. The number of aryl methyl sites for hydroxylation is 1. The van der Waals surface area contributed by atoms with Crippen LogP contribution in [0.5, 0.6) is 5.75 Å². The van der Waals surface area contributed by atoms with Crippen LogP contribution in [0.25, 0.3) is 16.5 Å². The molecule has 0 unspecified atom stereocenters. The summed E-state index contributed by atoms with van der Waals surface area (Å²) in [5.74, 6) is 1.25. The quantitative estimate of drug-likeness (QED) is 0.429. The summed E-state index contributed by atoms with van der Waals surface area (Å²) in [6.07, 6.45) is -0.557. The number of carbonyl (C=O) groups excluding carboxylic acids is 1. The Morgan fingerprint density at radius 2 is 1.76 bits per heavy atom. The zero-order chi connectivity index (χ0) is 25.4. The van der Waals surface area contributed by atoms with Gasteiger partial charge in [0, 0.05) is 16.5 Å². The number of nitrogens with one attached hydrogen (secondary N) is 1. The first-order valence-corrected chi connectivity index (χ1v) is 13.3. The lowest BCUT2D eigenvalue weighted by molar-refractivity contribution is -0.116. The number of thioether (sulfide) groups is 1. The number of nitrogens with zero attached hydrogens (tertiary/aromatic N) is 3. The van der Waals surface area contributed by atoms with E-state index in [-0.39, 0.29) is 5.91 Å². The SMILES string of the molecule is CCOc1ccc2ccccc2c1[C@@H]1N=c2ccccc2=C2C(=O)NC(SCc3ccc(C)cc3)=NN21. The van der Waals surface area contributed by atoms with Crippen molar-refractivity contribution in [1.82, 2.24) is 10.3 Å². The third-order valence-electron chi connectivity index (χ3n) is 6.50. The molecule has 0 radical (unpaired) electrons. The minimum absolute atomic E-state index is 0.188. The molecule has 1 amide bonds. The van der Waals surface area contributed by atoms with Gasteiger partial charge in [0.2, 0.25) is 0 Å². The van der Waals surface area contributed by atoms with Crippen molar-refractivity contribution < 1.29 is 9.53 Å². The van der Waals surface area contributed by atoms with E-state index in [4.69, 9.17) is 14.8 Å². The Morgan fingerprint density at radius 1 is 0.973 bits per heavy atom. The second-order valence-corrected chi connectivity index (χ2v) is 9.94. The van der Waals surface area contributed by atoms with Gasteiger partial charge in [-0.25, -0.2) is 5.01 Å². The highest BCUT2D eigenvalue weighted by Crippen LogP contribution is 2.40. The molecule has 0 spiro atoms. The summed E-state index contributed by atoms with van der Waals surface area (Å²) in [7, 11) is 0. The van der Waals surface area contributed by atoms with E-state index in [1.54, 1.807) is 5.01 Å². The highest BCUT2D eigenvalue weighted by atomic mass is 32.2. The van der Waals surface area contributed by atoms with E-state index < -0.39 is 6.17 Å². The van der Waals surface area contributed by atoms with Crippen LogP contribution in [0.2, 0.25) is 0 Å². The van der Waals surface area contributed by atoms with Gasteiger partial charge in [0.1, 0.15) is 11.4 Å². The standard InChI is InChI=1S/C30H26N4O2S/c1-3-36-25-17-16-21-8-4-5-9-22(21)26(25)28-31-24-11-7-6-10-23(24)27-29(35)32-30(33-34(27)28)37-18-20-14-12-19(2)13-15-20/h4-17,28H,3,18H2,1-2H3,(H,32,33,35)/t28-/m1/s1. The minimum Gasteiger partial charge on any atom is -0.493 e. The maximum Gasteiger partial charge on any atom is 0.276 e. The van der Waals surface area contributed by atoms with Crippen molar-refractivity contribution in [2.45, 2.75) is 25.8 Å². The summed E-state index contributed by atoms with van der Waals surface area (Å²) in [5.41, 5.74) is 3.77. The molecule has 1 atom stereocenters. The molecular weight excluding hydrogens is 480 g/mol. The molecule has 4 aromatic carbocycles. The van der Waals surface area contributed by atoms with Crippen LogP contribution in [0, 0.1) is 6.92 Å². The van der Waals surface area contributed by atoms with Gasteiger partial charge >= 0.3 is 0 Å². The highest BCUT2D eigenvalue weighted by molar-refractivity contribution is 8.13. The van der Waals surface area contributed by atoms with E-state index in [0.29, 0.717) is 23.2 Å². The van der Waals surface area contributed by atoms with Crippen molar-refractivity contribution in [1.29, 1.82) is 0 Å². The topological polar surface area (TPSA) is 66.3 Å². The van der Waals surface area contributed by atoms with E-state index in [0.717, 1.165) is 32.7 Å². The largest absolute Gasteiger partial charge is 0.493 e. The number of rotatable bonds is 5. The third kappa shape index (κ3) is 4.36. The predicted molar refractivity (Wildman–Crippen MR) is 148 cm³/mol. The molecule has 2 heterocycles. The Kier molecular flexibility index (Phi) is 6.14. The fourth-order valence-electron chi connectivity index (χ4n) is 4.74. The minimum atomic E-state index is -0.557. The summed E-state index contributed by atoms with van der Waals surface area (Å²) in [5, 5.41) is 13.9. The van der Waals surface area contributed by atoms with Crippen LogP contribution >= 0.6 is 11.8 Å². The number of ether oxygens (including phenoxy) is 1. The molecule has 0 fully saturated rings. The maximum absolute atomic E-state index is 13.6. The second-order valence-electron chi connectivity index (χ2n) is 8.98. The fourth-order valence-corrected chi connectivity index (χ4v) is 5.55. The number of fused-ring (bicyclic) bond motifs is 3. The molecule has 0 saturated carbocycles. The van der Waals surface area contributed by atoms with Crippen LogP contribution in [0.4, 0.5) is 0 Å². The Bertz CT molecular complexity index is 1660. The van der Waals surface area contributed by atoms with Crippen LogP contribution in [-0.4, -0.2) is 22.7 Å². The van der Waals surface area contributed by atoms with Crippen LogP contribution < -0.4 is 20.6 Å². The Labute approximate surface area is 219 Å². The van der Waals surface area contributed by atoms with E-state index >= 15 is 0 Å². The summed E-state index contributed by atoms with van der Waals surface area (Å²) in [4.78, 5) is 18.7. The number of amidine groups is 1. The van der Waals surface area contributed by atoms with Crippen molar-refractivity contribution in [3.8, 4) is 5.75 Å². The van der Waals surface area contributed by atoms with Crippen molar-refractivity contribution >= 4 is 39.3 Å². The van der Waals surface area contributed by atoms with Crippen LogP contribution in [0.3, 0.4) is 0 Å². The van der Waals surface area contributed by atoms with Gasteiger partial charge in [-0.05, 0) is 42.3 Å². The molecule has 6 nitrogen and oxygen atoms in total. The summed E-state index contributed by atoms with van der Waals surface area (Å²) < 4.78 is 6.08. The Morgan fingerprint density at radius 3 is 2.59 bits per heavy atom. The summed E-state index contributed by atoms with van der Waals surface area (Å²) >= 11 is 1.50. The number of carbonyl (C=O) groups is 1. The van der Waals surface area contributed by atoms with Gasteiger partial charge in [0.15, 0.2) is 11.3 Å². The number of para-hydroxylation sites is 1. The smallest absolute Gasteiger partial charge is 0.276 e. The zero-order valence-electron chi connectivity index (χ0n) is 20.6. The number of benzene rings is 4. The summed E-state index contributed by atoms with van der Waals surface area (Å²) in [6.45, 7) is 4.56. The monoisotopic (exact) mass is 506 g/mol. The zero-order valence-corrected chi connectivity index (χ0v) is 21.5. The van der Waals surface area contributed by atoms with Gasteiger partial charge in [-0.15, -0.1) is 5.10 Å². The normalized spacial score (nSPS) is 16.4. The molecule has 2 aliphatic heterocycles. The lowest BCUT2D eigenvalue weighted by atomic mass is 9.99. The van der Waals surface area contributed by atoms with E-state index in [2.05, 4.69) is 54.7 Å². The molecule has 1 N–H and O–H groups in total. The molecule has 0 bridgehead atoms.